The third-order valence-corrected chi connectivity index (χ3v) is 4.57. The van der Waals surface area contributed by atoms with Crippen LogP contribution in [0, 0.1) is 5.92 Å². The molecule has 5 heteroatoms. The van der Waals surface area contributed by atoms with Crippen LogP contribution in [0.3, 0.4) is 0 Å². The van der Waals surface area contributed by atoms with E-state index in [4.69, 9.17) is 0 Å². The fraction of sp³-hybridized carbons (Fsp3) is 0.278. The van der Waals surface area contributed by atoms with Gasteiger partial charge in [-0.3, -0.25) is 4.79 Å². The van der Waals surface area contributed by atoms with Gasteiger partial charge >= 0.3 is 0 Å². The van der Waals surface area contributed by atoms with Crippen molar-refractivity contribution in [3.63, 3.8) is 0 Å². The first-order valence-corrected chi connectivity index (χ1v) is 8.66. The molecule has 0 aliphatic heterocycles. The second-order valence-corrected chi connectivity index (χ2v) is 6.47. The van der Waals surface area contributed by atoms with E-state index in [0.717, 1.165) is 35.5 Å². The molecule has 118 valence electrons. The Morgan fingerprint density at radius 1 is 1.35 bits per heavy atom. The van der Waals surface area contributed by atoms with Gasteiger partial charge in [0.05, 0.1) is 12.1 Å². The number of aromatic nitrogens is 1. The highest BCUT2D eigenvalue weighted by Crippen LogP contribution is 2.21. The summed E-state index contributed by atoms with van der Waals surface area (Å²) in [5.41, 5.74) is 4.58. The summed E-state index contributed by atoms with van der Waals surface area (Å²) in [6.07, 6.45) is 9.66. The maximum absolute atomic E-state index is 11.9. The highest BCUT2D eigenvalue weighted by molar-refractivity contribution is 7.10. The Kier molecular flexibility index (Phi) is 5.32. The number of carbonyl (C=O) groups excluding carboxylic acids is 1. The highest BCUT2D eigenvalue weighted by Gasteiger charge is 2.09. The molecular formula is C18H19N3OS. The molecule has 2 aromatic rings. The van der Waals surface area contributed by atoms with Crippen LogP contribution in [-0.4, -0.2) is 17.1 Å². The Bertz CT molecular complexity index is 706. The molecule has 0 spiro atoms. The number of nitrogens with one attached hydrogen (secondary N) is 1. The van der Waals surface area contributed by atoms with E-state index in [1.807, 2.05) is 41.9 Å². The van der Waals surface area contributed by atoms with Gasteiger partial charge in [-0.2, -0.15) is 5.10 Å². The van der Waals surface area contributed by atoms with E-state index in [1.54, 1.807) is 0 Å². The number of thiazole rings is 1. The fourth-order valence-electron chi connectivity index (χ4n) is 2.48. The first kappa shape index (κ1) is 15.6. The molecule has 1 aliphatic rings. The summed E-state index contributed by atoms with van der Waals surface area (Å²) in [5.74, 6) is 0.311. The van der Waals surface area contributed by atoms with Crippen LogP contribution in [0.4, 0.5) is 0 Å². The zero-order chi connectivity index (χ0) is 15.9. The lowest BCUT2D eigenvalue weighted by Crippen LogP contribution is -2.20. The van der Waals surface area contributed by atoms with Gasteiger partial charge in [-0.1, -0.05) is 42.5 Å². The number of nitrogens with zero attached hydrogens (tertiary/aromatic N) is 2. The topological polar surface area (TPSA) is 54.4 Å². The minimum absolute atomic E-state index is 0.124. The molecule has 1 aromatic heterocycles. The first-order valence-electron chi connectivity index (χ1n) is 7.78. The molecule has 1 atom stereocenters. The van der Waals surface area contributed by atoms with Crippen molar-refractivity contribution >= 4 is 23.5 Å². The van der Waals surface area contributed by atoms with Gasteiger partial charge in [0.1, 0.15) is 5.01 Å². The van der Waals surface area contributed by atoms with Gasteiger partial charge in [0.25, 0.3) is 0 Å². The molecule has 1 aromatic carbocycles. The van der Waals surface area contributed by atoms with E-state index < -0.39 is 0 Å². The van der Waals surface area contributed by atoms with Crippen LogP contribution in [0.5, 0.6) is 0 Å². The van der Waals surface area contributed by atoms with Crippen molar-refractivity contribution in [2.45, 2.75) is 25.7 Å². The second-order valence-electron chi connectivity index (χ2n) is 5.53. The molecule has 0 bridgehead atoms. The molecule has 3 rings (SSSR count). The maximum atomic E-state index is 11.9. The maximum Gasteiger partial charge on any atom is 0.246 e. The minimum Gasteiger partial charge on any atom is -0.273 e. The molecule has 1 N–H and O–H groups in total. The zero-order valence-corrected chi connectivity index (χ0v) is 13.6. The van der Waals surface area contributed by atoms with Crippen molar-refractivity contribution in [3.05, 3.63) is 52.9 Å². The van der Waals surface area contributed by atoms with Crippen LogP contribution < -0.4 is 5.43 Å². The molecule has 0 unspecified atom stereocenters. The lowest BCUT2D eigenvalue weighted by Gasteiger charge is -2.11. The molecule has 23 heavy (non-hydrogen) atoms. The summed E-state index contributed by atoms with van der Waals surface area (Å²) in [6, 6.07) is 9.97. The van der Waals surface area contributed by atoms with Crippen LogP contribution in [0.15, 0.2) is 53.0 Å². The van der Waals surface area contributed by atoms with Crippen LogP contribution in [0.2, 0.25) is 0 Å². The molecule has 1 heterocycles. The van der Waals surface area contributed by atoms with Gasteiger partial charge in [0.2, 0.25) is 5.91 Å². The monoisotopic (exact) mass is 325 g/mol. The van der Waals surface area contributed by atoms with Crippen molar-refractivity contribution in [2.75, 3.05) is 0 Å². The van der Waals surface area contributed by atoms with Crippen LogP contribution >= 0.6 is 11.3 Å². The van der Waals surface area contributed by atoms with Gasteiger partial charge in [-0.25, -0.2) is 10.4 Å². The van der Waals surface area contributed by atoms with E-state index >= 15 is 0 Å². The fourth-order valence-corrected chi connectivity index (χ4v) is 3.28. The number of hydrazone groups is 1. The second kappa shape index (κ2) is 7.83. The molecule has 0 fully saturated rings. The van der Waals surface area contributed by atoms with Gasteiger partial charge < -0.3 is 0 Å². The summed E-state index contributed by atoms with van der Waals surface area (Å²) >= 11 is 1.50. The predicted octanol–water partition coefficient (Wildman–Crippen LogP) is 3.81. The third kappa shape index (κ3) is 4.60. The molecule has 0 saturated carbocycles. The predicted molar refractivity (Wildman–Crippen MR) is 94.4 cm³/mol. The number of allylic oxidation sites excluding steroid dienone is 2. The van der Waals surface area contributed by atoms with Crippen molar-refractivity contribution in [1.82, 2.24) is 10.4 Å². The van der Waals surface area contributed by atoms with E-state index in [-0.39, 0.29) is 12.3 Å². The largest absolute Gasteiger partial charge is 0.273 e. The number of carbonyl (C=O) groups is 1. The Labute approximate surface area is 140 Å². The Morgan fingerprint density at radius 2 is 2.22 bits per heavy atom. The van der Waals surface area contributed by atoms with E-state index in [9.17, 15) is 4.79 Å². The van der Waals surface area contributed by atoms with Gasteiger partial charge in [-0.15, -0.1) is 11.3 Å². The number of amides is 1. The number of hydrogen-bond acceptors (Lipinski definition) is 4. The summed E-state index contributed by atoms with van der Waals surface area (Å²) in [6.45, 7) is 0. The molecule has 4 nitrogen and oxygen atoms in total. The smallest absolute Gasteiger partial charge is 0.246 e. The SMILES string of the molecule is O=C(Cc1nc(-c2ccccc2)cs1)N/N=C\[C@H]1CC=CCC1. The standard InChI is InChI=1S/C18H19N3OS/c22-17(21-19-12-14-7-3-1-4-8-14)11-18-20-16(13-23-18)15-9-5-2-6-10-15/h1-3,5-6,9-10,12-14H,4,7-8,11H2,(H,21,22)/b19-12-/t14-/m0/s1. The van der Waals surface area contributed by atoms with Crippen molar-refractivity contribution in [2.24, 2.45) is 11.0 Å². The minimum atomic E-state index is -0.124. The van der Waals surface area contributed by atoms with Crippen molar-refractivity contribution < 1.29 is 4.79 Å². The van der Waals surface area contributed by atoms with Crippen molar-refractivity contribution in [1.29, 1.82) is 0 Å². The Balaban J connectivity index is 1.51. The molecule has 1 aliphatic carbocycles. The summed E-state index contributed by atoms with van der Waals surface area (Å²) < 4.78 is 0. The summed E-state index contributed by atoms with van der Waals surface area (Å²) in [5, 5.41) is 6.86. The quantitative estimate of drug-likeness (QED) is 0.516. The van der Waals surface area contributed by atoms with Crippen LogP contribution in [0.25, 0.3) is 11.3 Å². The lowest BCUT2D eigenvalue weighted by molar-refractivity contribution is -0.120. The summed E-state index contributed by atoms with van der Waals surface area (Å²) in [4.78, 5) is 16.4. The van der Waals surface area contributed by atoms with Gasteiger partial charge in [0, 0.05) is 17.2 Å². The average molecular weight is 325 g/mol. The first-order chi connectivity index (χ1) is 11.3. The molecule has 0 radical (unpaired) electrons. The summed E-state index contributed by atoms with van der Waals surface area (Å²) in [7, 11) is 0. The third-order valence-electron chi connectivity index (χ3n) is 3.72. The number of benzene rings is 1. The molecule has 1 amide bonds. The number of rotatable bonds is 5. The van der Waals surface area contributed by atoms with E-state index in [1.165, 1.54) is 11.3 Å². The highest BCUT2D eigenvalue weighted by atomic mass is 32.1. The lowest BCUT2D eigenvalue weighted by atomic mass is 9.96. The zero-order valence-electron chi connectivity index (χ0n) is 12.8. The number of hydrogen-bond donors (Lipinski definition) is 1. The molecule has 0 saturated heterocycles. The van der Waals surface area contributed by atoms with Gasteiger partial charge in [-0.05, 0) is 25.2 Å². The normalized spacial score (nSPS) is 17.5. The van der Waals surface area contributed by atoms with Crippen molar-refractivity contribution in [3.8, 4) is 11.3 Å². The van der Waals surface area contributed by atoms with E-state index in [0.29, 0.717) is 5.92 Å². The van der Waals surface area contributed by atoms with Crippen LogP contribution in [0.1, 0.15) is 24.3 Å². The Morgan fingerprint density at radius 3 is 3.00 bits per heavy atom. The van der Waals surface area contributed by atoms with Crippen LogP contribution in [-0.2, 0) is 11.2 Å². The molecular weight excluding hydrogens is 306 g/mol. The average Bonchev–Trinajstić information content (AvgIpc) is 3.05. The Hall–Kier alpha value is -2.27. The van der Waals surface area contributed by atoms with Gasteiger partial charge in [0.15, 0.2) is 0 Å². The van der Waals surface area contributed by atoms with E-state index in [2.05, 4.69) is 27.7 Å².